The van der Waals surface area contributed by atoms with Gasteiger partial charge in [-0.2, -0.15) is 0 Å². The second-order valence-corrected chi connectivity index (χ2v) is 5.72. The quantitative estimate of drug-likeness (QED) is 0.559. The largest absolute Gasteiger partial charge is 0.256 e. The van der Waals surface area contributed by atoms with E-state index in [1.165, 1.54) is 6.07 Å². The molecule has 5 nitrogen and oxygen atoms in total. The summed E-state index contributed by atoms with van der Waals surface area (Å²) in [5.41, 5.74) is 3.00. The van der Waals surface area contributed by atoms with Crippen LogP contribution in [0.4, 0.5) is 8.78 Å². The van der Waals surface area contributed by atoms with Crippen molar-refractivity contribution in [2.75, 3.05) is 0 Å². The summed E-state index contributed by atoms with van der Waals surface area (Å²) in [6.07, 6.45) is 5.12. The predicted molar refractivity (Wildman–Crippen MR) is 90.8 cm³/mol. The molecule has 0 saturated heterocycles. The fourth-order valence-corrected chi connectivity index (χ4v) is 2.61. The summed E-state index contributed by atoms with van der Waals surface area (Å²) in [4.78, 5) is 12.9. The molecule has 0 fully saturated rings. The van der Waals surface area contributed by atoms with Crippen molar-refractivity contribution in [1.82, 2.24) is 24.6 Å². The molecule has 0 aliphatic carbocycles. The van der Waals surface area contributed by atoms with Crippen molar-refractivity contribution >= 4 is 28.7 Å². The first kappa shape index (κ1) is 15.3. The topological polar surface area (TPSA) is 56.0 Å². The van der Waals surface area contributed by atoms with Crippen LogP contribution in [-0.4, -0.2) is 24.6 Å². The molecule has 3 aromatic heterocycles. The van der Waals surface area contributed by atoms with Crippen LogP contribution in [0.3, 0.4) is 0 Å². The molecule has 0 bridgehead atoms. The maximum Gasteiger partial charge on any atom is 0.177 e. The third kappa shape index (κ3) is 2.73. The van der Waals surface area contributed by atoms with Gasteiger partial charge in [-0.25, -0.2) is 23.3 Å². The molecule has 0 unspecified atom stereocenters. The van der Waals surface area contributed by atoms with Gasteiger partial charge >= 0.3 is 0 Å². The van der Waals surface area contributed by atoms with Gasteiger partial charge in [-0.1, -0.05) is 6.07 Å². The normalized spacial score (nSPS) is 11.8. The summed E-state index contributed by atoms with van der Waals surface area (Å²) in [7, 11) is 0. The van der Waals surface area contributed by atoms with E-state index in [-0.39, 0.29) is 5.52 Å². The summed E-state index contributed by atoms with van der Waals surface area (Å²) in [5.74, 6) is -0.808. The van der Waals surface area contributed by atoms with Crippen molar-refractivity contribution in [2.45, 2.75) is 13.8 Å². The van der Waals surface area contributed by atoms with Crippen molar-refractivity contribution < 1.29 is 8.78 Å². The molecule has 0 atom stereocenters. The highest BCUT2D eigenvalue weighted by Gasteiger charge is 2.08. The number of fused-ring (bicyclic) bond motifs is 2. The zero-order chi connectivity index (χ0) is 17.6. The van der Waals surface area contributed by atoms with Crippen LogP contribution in [0.25, 0.3) is 28.7 Å². The summed E-state index contributed by atoms with van der Waals surface area (Å²) in [6, 6.07) is 5.39. The Morgan fingerprint density at radius 1 is 1.04 bits per heavy atom. The van der Waals surface area contributed by atoms with Crippen LogP contribution in [0.5, 0.6) is 0 Å². The highest BCUT2D eigenvalue weighted by molar-refractivity contribution is 5.81. The molecule has 0 aliphatic rings. The van der Waals surface area contributed by atoms with E-state index in [2.05, 4.69) is 20.1 Å². The maximum atomic E-state index is 13.9. The Kier molecular flexibility index (Phi) is 3.49. The van der Waals surface area contributed by atoms with Gasteiger partial charge in [0.2, 0.25) is 0 Å². The van der Waals surface area contributed by atoms with Crippen molar-refractivity contribution in [1.29, 1.82) is 0 Å². The lowest BCUT2D eigenvalue weighted by molar-refractivity contribution is 0.590. The minimum Gasteiger partial charge on any atom is -0.256 e. The van der Waals surface area contributed by atoms with Crippen molar-refractivity contribution in [3.8, 4) is 0 Å². The number of pyridine rings is 1. The van der Waals surface area contributed by atoms with E-state index >= 15 is 0 Å². The van der Waals surface area contributed by atoms with Gasteiger partial charge in [-0.15, -0.1) is 5.10 Å². The molecule has 0 saturated carbocycles. The van der Waals surface area contributed by atoms with Gasteiger partial charge in [0.25, 0.3) is 0 Å². The average Bonchev–Trinajstić information content (AvgIpc) is 3.02. The van der Waals surface area contributed by atoms with Gasteiger partial charge in [-0.05, 0) is 38.1 Å². The monoisotopic (exact) mass is 337 g/mol. The zero-order valence-electron chi connectivity index (χ0n) is 13.5. The first-order valence-corrected chi connectivity index (χ1v) is 7.64. The summed E-state index contributed by atoms with van der Waals surface area (Å²) in [5, 5.41) is 4.82. The standard InChI is InChI=1S/C18H13F2N5/c1-10-9-21-11(2)18-23-16(24-25(10)18)6-5-14-4-3-12-7-13(19)8-15(20)17(12)22-14/h3-9H,1-2H3. The number of hydrogen-bond donors (Lipinski definition) is 0. The van der Waals surface area contributed by atoms with E-state index in [1.54, 1.807) is 35.0 Å². The van der Waals surface area contributed by atoms with E-state index < -0.39 is 11.6 Å². The molecule has 0 amide bonds. The molecule has 4 rings (SSSR count). The number of halogens is 2. The van der Waals surface area contributed by atoms with E-state index in [1.807, 2.05) is 13.8 Å². The Balaban J connectivity index is 1.73. The fraction of sp³-hybridized carbons (Fsp3) is 0.111. The lowest BCUT2D eigenvalue weighted by Gasteiger charge is -2.00. The number of nitrogens with zero attached hydrogens (tertiary/aromatic N) is 5. The molecule has 0 spiro atoms. The Morgan fingerprint density at radius 3 is 2.68 bits per heavy atom. The molecule has 1 aromatic carbocycles. The van der Waals surface area contributed by atoms with E-state index in [4.69, 9.17) is 0 Å². The molecule has 0 N–H and O–H groups in total. The molecule has 0 aliphatic heterocycles. The minimum atomic E-state index is -0.687. The average molecular weight is 337 g/mol. The van der Waals surface area contributed by atoms with Gasteiger partial charge in [0.05, 0.1) is 17.1 Å². The Hall–Kier alpha value is -3.22. The molecule has 124 valence electrons. The van der Waals surface area contributed by atoms with Crippen LogP contribution >= 0.6 is 0 Å². The molecule has 25 heavy (non-hydrogen) atoms. The van der Waals surface area contributed by atoms with Crippen molar-refractivity contribution in [2.24, 2.45) is 0 Å². The van der Waals surface area contributed by atoms with Crippen molar-refractivity contribution in [3.05, 3.63) is 65.0 Å². The third-order valence-corrected chi connectivity index (χ3v) is 3.86. The molecule has 3 heterocycles. The fourth-order valence-electron chi connectivity index (χ4n) is 2.61. The van der Waals surface area contributed by atoms with Crippen LogP contribution in [0.1, 0.15) is 22.9 Å². The summed E-state index contributed by atoms with van der Waals surface area (Å²) < 4.78 is 28.8. The second kappa shape index (κ2) is 5.70. The molecule has 0 radical (unpaired) electrons. The predicted octanol–water partition coefficient (Wildman–Crippen LogP) is 3.74. The maximum absolute atomic E-state index is 13.9. The van der Waals surface area contributed by atoms with Crippen LogP contribution in [-0.2, 0) is 0 Å². The SMILES string of the molecule is Cc1ncc(C)n2nc(C=Cc3ccc4cc(F)cc(F)c4n3)nc12. The second-order valence-electron chi connectivity index (χ2n) is 5.72. The van der Waals surface area contributed by atoms with Crippen LogP contribution in [0.15, 0.2) is 30.5 Å². The van der Waals surface area contributed by atoms with Gasteiger partial charge < -0.3 is 0 Å². The molecule has 7 heteroatoms. The van der Waals surface area contributed by atoms with Gasteiger partial charge in [0.1, 0.15) is 11.3 Å². The first-order valence-electron chi connectivity index (χ1n) is 7.64. The van der Waals surface area contributed by atoms with Gasteiger partial charge in [-0.3, -0.25) is 4.98 Å². The number of aromatic nitrogens is 5. The highest BCUT2D eigenvalue weighted by Crippen LogP contribution is 2.19. The molecular weight excluding hydrogens is 324 g/mol. The van der Waals surface area contributed by atoms with Crippen LogP contribution in [0, 0.1) is 25.5 Å². The lowest BCUT2D eigenvalue weighted by atomic mass is 10.2. The number of benzene rings is 1. The smallest absolute Gasteiger partial charge is 0.177 e. The summed E-state index contributed by atoms with van der Waals surface area (Å²) in [6.45, 7) is 3.76. The molecule has 4 aromatic rings. The number of rotatable bonds is 2. The summed E-state index contributed by atoms with van der Waals surface area (Å²) >= 11 is 0. The highest BCUT2D eigenvalue weighted by atomic mass is 19.1. The van der Waals surface area contributed by atoms with Gasteiger partial charge in [0.15, 0.2) is 17.3 Å². The Morgan fingerprint density at radius 2 is 1.88 bits per heavy atom. The zero-order valence-corrected chi connectivity index (χ0v) is 13.5. The first-order chi connectivity index (χ1) is 12.0. The van der Waals surface area contributed by atoms with Crippen LogP contribution < -0.4 is 0 Å². The van der Waals surface area contributed by atoms with E-state index in [0.717, 1.165) is 17.5 Å². The molecular formula is C18H13F2N5. The van der Waals surface area contributed by atoms with Crippen molar-refractivity contribution in [3.63, 3.8) is 0 Å². The Labute approximate surface area is 141 Å². The third-order valence-electron chi connectivity index (χ3n) is 3.86. The number of hydrogen-bond acceptors (Lipinski definition) is 4. The van der Waals surface area contributed by atoms with Gasteiger partial charge in [0, 0.05) is 17.6 Å². The Bertz CT molecular complexity index is 1110. The van der Waals surface area contributed by atoms with E-state index in [0.29, 0.717) is 22.6 Å². The number of aryl methyl sites for hydroxylation is 2. The lowest BCUT2D eigenvalue weighted by Crippen LogP contribution is -1.97. The van der Waals surface area contributed by atoms with E-state index in [9.17, 15) is 8.78 Å². The minimum absolute atomic E-state index is 0.127. The van der Waals surface area contributed by atoms with Crippen LogP contribution in [0.2, 0.25) is 0 Å².